The normalized spacial score (nSPS) is 12.9. The van der Waals surface area contributed by atoms with Gasteiger partial charge in [-0.3, -0.25) is 4.79 Å². The number of fused-ring (bicyclic) bond motifs is 1. The van der Waals surface area contributed by atoms with Gasteiger partial charge in [0.2, 0.25) is 0 Å². The highest BCUT2D eigenvalue weighted by molar-refractivity contribution is 7.17. The number of nitriles is 1. The average molecular weight is 497 g/mol. The first-order valence-electron chi connectivity index (χ1n) is 12.2. The van der Waals surface area contributed by atoms with Crippen LogP contribution >= 0.6 is 11.3 Å². The number of thiophene rings is 1. The summed E-state index contributed by atoms with van der Waals surface area (Å²) in [5, 5.41) is 12.9. The number of rotatable bonds is 11. The van der Waals surface area contributed by atoms with Crippen LogP contribution in [0, 0.1) is 11.3 Å². The van der Waals surface area contributed by atoms with Crippen molar-refractivity contribution in [3.63, 3.8) is 0 Å². The molecule has 0 bridgehead atoms. The van der Waals surface area contributed by atoms with Crippen molar-refractivity contribution in [2.24, 2.45) is 0 Å². The number of hydrogen-bond acceptors (Lipinski definition) is 7. The summed E-state index contributed by atoms with van der Waals surface area (Å²) in [6.45, 7) is 7.03. The van der Waals surface area contributed by atoms with Crippen molar-refractivity contribution in [3.05, 3.63) is 45.3 Å². The fraction of sp³-hybridized carbons (Fsp3) is 0.444. The number of amides is 1. The molecule has 35 heavy (non-hydrogen) atoms. The van der Waals surface area contributed by atoms with Gasteiger partial charge in [0, 0.05) is 4.88 Å². The molecule has 0 aliphatic heterocycles. The Hall–Kier alpha value is -3.31. The zero-order valence-electron chi connectivity index (χ0n) is 20.6. The summed E-state index contributed by atoms with van der Waals surface area (Å²) >= 11 is 1.39. The fourth-order valence-electron chi connectivity index (χ4n) is 3.89. The zero-order valence-corrected chi connectivity index (χ0v) is 21.4. The number of anilines is 1. The third kappa shape index (κ3) is 6.64. The Morgan fingerprint density at radius 2 is 1.91 bits per heavy atom. The quantitative estimate of drug-likeness (QED) is 0.179. The van der Waals surface area contributed by atoms with E-state index in [-0.39, 0.29) is 12.2 Å². The molecule has 3 rings (SSSR count). The SMILES string of the molecule is CCCCOc1ccc(/C=C(\C#N)C(=O)Nc2sc3c(c2C(=O)OCC)CCCC3)cc1OCC. The van der Waals surface area contributed by atoms with E-state index in [1.807, 2.05) is 13.0 Å². The van der Waals surface area contributed by atoms with Gasteiger partial charge in [-0.15, -0.1) is 11.3 Å². The van der Waals surface area contributed by atoms with Crippen molar-refractivity contribution in [3.8, 4) is 17.6 Å². The van der Waals surface area contributed by atoms with Gasteiger partial charge in [0.15, 0.2) is 11.5 Å². The van der Waals surface area contributed by atoms with Gasteiger partial charge in [-0.1, -0.05) is 19.4 Å². The Labute approximate surface area is 210 Å². The minimum Gasteiger partial charge on any atom is -0.490 e. The Morgan fingerprint density at radius 3 is 2.63 bits per heavy atom. The van der Waals surface area contributed by atoms with Crippen LogP contribution in [-0.4, -0.2) is 31.7 Å². The summed E-state index contributed by atoms with van der Waals surface area (Å²) in [6, 6.07) is 7.30. The molecule has 186 valence electrons. The largest absolute Gasteiger partial charge is 0.490 e. The molecule has 1 aliphatic rings. The maximum atomic E-state index is 13.0. The lowest BCUT2D eigenvalue weighted by molar-refractivity contribution is -0.112. The van der Waals surface area contributed by atoms with Crippen LogP contribution in [0.5, 0.6) is 11.5 Å². The van der Waals surface area contributed by atoms with Crippen LogP contribution < -0.4 is 14.8 Å². The molecule has 1 aliphatic carbocycles. The predicted molar refractivity (Wildman–Crippen MR) is 137 cm³/mol. The number of hydrogen-bond donors (Lipinski definition) is 1. The molecule has 0 saturated heterocycles. The van der Waals surface area contributed by atoms with E-state index in [1.165, 1.54) is 17.4 Å². The van der Waals surface area contributed by atoms with Gasteiger partial charge < -0.3 is 19.5 Å². The molecule has 1 heterocycles. The summed E-state index contributed by atoms with van der Waals surface area (Å²) in [6.07, 6.45) is 7.16. The lowest BCUT2D eigenvalue weighted by atomic mass is 9.95. The van der Waals surface area contributed by atoms with Crippen LogP contribution in [0.2, 0.25) is 0 Å². The number of carbonyl (C=O) groups is 2. The van der Waals surface area contributed by atoms with Gasteiger partial charge in [0.1, 0.15) is 16.6 Å². The molecule has 1 aromatic heterocycles. The number of ether oxygens (including phenoxy) is 3. The van der Waals surface area contributed by atoms with E-state index < -0.39 is 11.9 Å². The van der Waals surface area contributed by atoms with Crippen molar-refractivity contribution < 1.29 is 23.8 Å². The van der Waals surface area contributed by atoms with Gasteiger partial charge in [-0.2, -0.15) is 5.26 Å². The van der Waals surface area contributed by atoms with Crippen LogP contribution in [-0.2, 0) is 22.4 Å². The van der Waals surface area contributed by atoms with E-state index in [0.29, 0.717) is 40.8 Å². The Kier molecular flexibility index (Phi) is 9.74. The van der Waals surface area contributed by atoms with E-state index in [1.54, 1.807) is 25.1 Å². The minimum atomic E-state index is -0.571. The van der Waals surface area contributed by atoms with Crippen LogP contribution in [0.3, 0.4) is 0 Å². The smallest absolute Gasteiger partial charge is 0.341 e. The second kappa shape index (κ2) is 13.0. The molecule has 2 aromatic rings. The third-order valence-electron chi connectivity index (χ3n) is 5.58. The second-order valence-corrected chi connectivity index (χ2v) is 9.21. The molecule has 7 nitrogen and oxygen atoms in total. The van der Waals surface area contributed by atoms with Crippen molar-refractivity contribution in [1.29, 1.82) is 5.26 Å². The molecule has 1 aromatic carbocycles. The third-order valence-corrected chi connectivity index (χ3v) is 6.78. The highest BCUT2D eigenvalue weighted by atomic mass is 32.1. The van der Waals surface area contributed by atoms with Crippen molar-refractivity contribution in [2.75, 3.05) is 25.1 Å². The molecule has 0 atom stereocenters. The second-order valence-electron chi connectivity index (χ2n) is 8.10. The molecule has 0 unspecified atom stereocenters. The Bertz CT molecular complexity index is 1130. The van der Waals surface area contributed by atoms with Crippen LogP contribution in [0.4, 0.5) is 5.00 Å². The van der Waals surface area contributed by atoms with Crippen LogP contribution in [0.25, 0.3) is 6.08 Å². The van der Waals surface area contributed by atoms with Crippen LogP contribution in [0.1, 0.15) is 72.8 Å². The van der Waals surface area contributed by atoms with E-state index in [9.17, 15) is 14.9 Å². The number of nitrogens with one attached hydrogen (secondary N) is 1. The zero-order chi connectivity index (χ0) is 25.2. The maximum absolute atomic E-state index is 13.0. The van der Waals surface area contributed by atoms with Gasteiger partial charge in [0.05, 0.1) is 25.4 Å². The Morgan fingerprint density at radius 1 is 1.11 bits per heavy atom. The van der Waals surface area contributed by atoms with Crippen molar-refractivity contribution in [1.82, 2.24) is 0 Å². The molecule has 8 heteroatoms. The molecule has 1 N–H and O–H groups in total. The first-order chi connectivity index (χ1) is 17.0. The number of carbonyl (C=O) groups excluding carboxylic acids is 2. The number of esters is 1. The van der Waals surface area contributed by atoms with Gasteiger partial charge in [-0.25, -0.2) is 4.79 Å². The molecular formula is C27H32N2O5S. The lowest BCUT2D eigenvalue weighted by Gasteiger charge is -2.13. The molecule has 0 spiro atoms. The van der Waals surface area contributed by atoms with E-state index in [4.69, 9.17) is 14.2 Å². The van der Waals surface area contributed by atoms with Gasteiger partial charge in [0.25, 0.3) is 5.91 Å². The molecule has 0 saturated carbocycles. The van der Waals surface area contributed by atoms with Crippen LogP contribution in [0.15, 0.2) is 23.8 Å². The molecule has 0 fully saturated rings. The minimum absolute atomic E-state index is 0.0757. The molecular weight excluding hydrogens is 464 g/mol. The van der Waals surface area contributed by atoms with Gasteiger partial charge in [-0.05, 0) is 75.3 Å². The number of benzene rings is 1. The van der Waals surface area contributed by atoms with E-state index in [2.05, 4.69) is 12.2 Å². The first-order valence-corrected chi connectivity index (χ1v) is 13.0. The number of unbranched alkanes of at least 4 members (excludes halogenated alkanes) is 1. The highest BCUT2D eigenvalue weighted by Gasteiger charge is 2.27. The summed E-state index contributed by atoms with van der Waals surface area (Å²) in [5.41, 5.74) is 1.94. The first kappa shape index (κ1) is 26.3. The predicted octanol–water partition coefficient (Wildman–Crippen LogP) is 5.93. The summed E-state index contributed by atoms with van der Waals surface area (Å²) in [4.78, 5) is 26.8. The molecule has 0 radical (unpaired) electrons. The topological polar surface area (TPSA) is 97.7 Å². The van der Waals surface area contributed by atoms with E-state index in [0.717, 1.165) is 49.0 Å². The number of aryl methyl sites for hydroxylation is 1. The Balaban J connectivity index is 1.86. The van der Waals surface area contributed by atoms with Crippen molar-refractivity contribution in [2.45, 2.75) is 59.3 Å². The average Bonchev–Trinajstić information content (AvgIpc) is 3.22. The highest BCUT2D eigenvalue weighted by Crippen LogP contribution is 2.39. The van der Waals surface area contributed by atoms with Gasteiger partial charge >= 0.3 is 5.97 Å². The summed E-state index contributed by atoms with van der Waals surface area (Å²) < 4.78 is 16.8. The van der Waals surface area contributed by atoms with Crippen molar-refractivity contribution >= 4 is 34.3 Å². The monoisotopic (exact) mass is 496 g/mol. The van der Waals surface area contributed by atoms with E-state index >= 15 is 0 Å². The molecule has 1 amide bonds. The standard InChI is InChI=1S/C27H32N2O5S/c1-4-7-14-34-21-13-12-18(16-22(21)32-5-2)15-19(17-28)25(30)29-26-24(27(31)33-6-3)20-10-8-9-11-23(20)35-26/h12-13,15-16H,4-11,14H2,1-3H3,(H,29,30)/b19-15+. The summed E-state index contributed by atoms with van der Waals surface area (Å²) in [5.74, 6) is 0.178. The summed E-state index contributed by atoms with van der Waals surface area (Å²) in [7, 11) is 0. The fourth-order valence-corrected chi connectivity index (χ4v) is 5.16. The maximum Gasteiger partial charge on any atom is 0.341 e. The lowest BCUT2D eigenvalue weighted by Crippen LogP contribution is -2.16. The number of nitrogens with zero attached hydrogens (tertiary/aromatic N) is 1.